The van der Waals surface area contributed by atoms with Crippen LogP contribution in [0.2, 0.25) is 0 Å². The quantitative estimate of drug-likeness (QED) is 0.0535. The van der Waals surface area contributed by atoms with Gasteiger partial charge >= 0.3 is 0 Å². The van der Waals surface area contributed by atoms with Crippen molar-refractivity contribution >= 4 is 50.1 Å². The number of unbranched alkanes of at least 4 members (excludes halogenated alkanes) is 9. The molecule has 14 heteroatoms. The van der Waals surface area contributed by atoms with Gasteiger partial charge in [-0.05, 0) is 58.8 Å². The van der Waals surface area contributed by atoms with Gasteiger partial charge in [-0.2, -0.15) is 0 Å². The molecule has 10 heterocycles. The first kappa shape index (κ1) is 61.0. The number of alkyl halides is 4. The highest BCUT2D eigenvalue weighted by Gasteiger charge is 2.23. The van der Waals surface area contributed by atoms with Gasteiger partial charge in [0.15, 0.2) is 0 Å². The van der Waals surface area contributed by atoms with Crippen molar-refractivity contribution in [3.63, 3.8) is 0 Å². The monoisotopic (exact) mass is 1090 g/mol. The zero-order valence-corrected chi connectivity index (χ0v) is 44.3. The van der Waals surface area contributed by atoms with E-state index in [1.807, 2.05) is 0 Å². The third kappa shape index (κ3) is 55.4. The van der Waals surface area contributed by atoms with Crippen LogP contribution in [0, 0.1) is 0 Å². The molecule has 372 valence electrons. The van der Waals surface area contributed by atoms with Crippen molar-refractivity contribution in [3.8, 4) is 0 Å². The van der Waals surface area contributed by atoms with Crippen molar-refractivity contribution in [2.75, 3.05) is 95.0 Å². The molecule has 0 spiro atoms. The maximum Gasteiger partial charge on any atom is 0.118 e. The molecule has 0 aromatic rings. The van der Waals surface area contributed by atoms with Gasteiger partial charge in [0.25, 0.3) is 0 Å². The molecule has 0 bridgehead atoms. The van der Waals surface area contributed by atoms with Gasteiger partial charge in [-0.15, -0.1) is 11.6 Å². The molecule has 62 heavy (non-hydrogen) atoms. The van der Waals surface area contributed by atoms with Crippen LogP contribution in [0.1, 0.15) is 157 Å². The average molecular weight is 1090 g/mol. The molecule has 10 fully saturated rings. The SMILES string of the molecule is BrCC1CO1.C1CCOC1.CC1CCCO1.CC1CO1.CCCCC1CO1.CCCCCCC1CO1.CCCCCCCCC1CO1.ClCC1CO1.FCC1CO1.ICC1CO1. The maximum atomic E-state index is 11.1. The fourth-order valence-electron chi connectivity index (χ4n) is 5.06. The zero-order valence-electron chi connectivity index (χ0n) is 39.8. The Labute approximate surface area is 406 Å². The van der Waals surface area contributed by atoms with Crippen LogP contribution in [0.4, 0.5) is 4.39 Å². The van der Waals surface area contributed by atoms with Gasteiger partial charge in [0.05, 0.1) is 108 Å². The van der Waals surface area contributed by atoms with Gasteiger partial charge in [0.2, 0.25) is 0 Å². The number of epoxide rings is 8. The Balaban J connectivity index is 0.000000350. The minimum Gasteiger partial charge on any atom is -0.381 e. The summed E-state index contributed by atoms with van der Waals surface area (Å²) >= 11 is 10.8. The molecule has 0 radical (unpaired) electrons. The van der Waals surface area contributed by atoms with Crippen LogP contribution in [0.25, 0.3) is 0 Å². The summed E-state index contributed by atoms with van der Waals surface area (Å²) in [4.78, 5) is 0. The van der Waals surface area contributed by atoms with Crippen molar-refractivity contribution in [2.24, 2.45) is 0 Å². The molecule has 0 N–H and O–H groups in total. The summed E-state index contributed by atoms with van der Waals surface area (Å²) in [6, 6.07) is 0. The highest BCUT2D eigenvalue weighted by atomic mass is 127. The van der Waals surface area contributed by atoms with Crippen LogP contribution in [-0.2, 0) is 47.4 Å². The summed E-state index contributed by atoms with van der Waals surface area (Å²) in [6.45, 7) is 21.1. The van der Waals surface area contributed by atoms with Crippen LogP contribution in [0.3, 0.4) is 0 Å². The van der Waals surface area contributed by atoms with Crippen LogP contribution >= 0.6 is 50.1 Å². The van der Waals surface area contributed by atoms with E-state index in [1.54, 1.807) is 0 Å². The number of hydrogen-bond acceptors (Lipinski definition) is 10. The van der Waals surface area contributed by atoms with Crippen molar-refractivity contribution in [1.29, 1.82) is 0 Å². The molecular formula is C48H92BrClFIO10. The van der Waals surface area contributed by atoms with Gasteiger partial charge in [-0.3, -0.25) is 0 Å². The highest BCUT2D eigenvalue weighted by Crippen LogP contribution is 2.19. The van der Waals surface area contributed by atoms with Crippen molar-refractivity contribution < 1.29 is 51.8 Å². The van der Waals surface area contributed by atoms with E-state index in [2.05, 4.69) is 77.9 Å². The Kier molecular flexibility index (Phi) is 43.8. The summed E-state index contributed by atoms with van der Waals surface area (Å²) in [7, 11) is 0. The van der Waals surface area contributed by atoms with Gasteiger partial charge in [0, 0.05) is 29.6 Å². The van der Waals surface area contributed by atoms with Gasteiger partial charge in [-0.1, -0.05) is 136 Å². The third-order valence-corrected chi connectivity index (χ3v) is 12.2. The Morgan fingerprint density at radius 2 is 0.887 bits per heavy atom. The van der Waals surface area contributed by atoms with Crippen molar-refractivity contribution in [2.45, 2.75) is 212 Å². The van der Waals surface area contributed by atoms with Gasteiger partial charge in [-0.25, -0.2) is 4.39 Å². The van der Waals surface area contributed by atoms with E-state index in [-0.39, 0.29) is 12.8 Å². The minimum atomic E-state index is -0.306. The molecular weight excluding hydrogens is 998 g/mol. The third-order valence-electron chi connectivity index (χ3n) is 10.1. The first-order valence-electron chi connectivity index (χ1n) is 24.7. The van der Waals surface area contributed by atoms with E-state index < -0.39 is 0 Å². The molecule has 0 saturated carbocycles. The normalized spacial score (nSPS) is 29.5. The van der Waals surface area contributed by atoms with Crippen LogP contribution < -0.4 is 0 Å². The van der Waals surface area contributed by atoms with Gasteiger partial charge in [0.1, 0.15) is 12.8 Å². The summed E-state index contributed by atoms with van der Waals surface area (Å²) in [5, 5.41) is 1.01. The summed E-state index contributed by atoms with van der Waals surface area (Å²) < 4.78 is 61.1. The molecule has 10 saturated heterocycles. The molecule has 10 aliphatic heterocycles. The standard InChI is InChI=1S/C10H20O.C8H16O.C6H12O.C5H10O.C4H8O.C3H5BrO.C3H5ClO.C3H5FO.C3H5IO.C3H6O/c1-2-3-4-5-6-7-8-10-9-11-10;1-2-3-4-5-6-8-7-9-8;1-2-3-4-6-5-7-6;1-5-3-2-4-6-5;1-2-4-5-3-1;4*4-1-3-2-5-3;1-3-2-4-3/h10H,2-9H2,1H3;8H,2-7H2,1H3;6H,2-5H2,1H3;5H,2-4H2,1H3;1-4H2;4*3H,1-2H2;3H,2H2,1H3. The Morgan fingerprint density at radius 1 is 0.484 bits per heavy atom. The maximum absolute atomic E-state index is 11.1. The topological polar surface area (TPSA) is 119 Å². The van der Waals surface area contributed by atoms with Crippen molar-refractivity contribution in [1.82, 2.24) is 0 Å². The average Bonchev–Trinajstić information content (AvgIpc) is 4.12. The molecule has 9 unspecified atom stereocenters. The lowest BCUT2D eigenvalue weighted by molar-refractivity contribution is 0.125. The second-order valence-electron chi connectivity index (χ2n) is 17.1. The highest BCUT2D eigenvalue weighted by molar-refractivity contribution is 14.1. The summed E-state index contributed by atoms with van der Waals surface area (Å²) in [5.41, 5.74) is 0. The lowest BCUT2D eigenvalue weighted by Gasteiger charge is -1.97. The molecule has 0 aromatic heterocycles. The molecule has 0 aliphatic carbocycles. The smallest absolute Gasteiger partial charge is 0.118 e. The van der Waals surface area contributed by atoms with E-state index in [0.717, 1.165) is 75.8 Å². The van der Waals surface area contributed by atoms with Gasteiger partial charge < -0.3 is 47.4 Å². The predicted molar refractivity (Wildman–Crippen MR) is 264 cm³/mol. The van der Waals surface area contributed by atoms with Crippen LogP contribution in [0.5, 0.6) is 0 Å². The zero-order chi connectivity index (χ0) is 45.3. The first-order valence-corrected chi connectivity index (χ1v) is 27.9. The molecule has 0 amide bonds. The lowest BCUT2D eigenvalue weighted by Crippen LogP contribution is -1.94. The number of rotatable bonds is 19. The Bertz CT molecular complexity index is 844. The van der Waals surface area contributed by atoms with E-state index >= 15 is 0 Å². The van der Waals surface area contributed by atoms with E-state index in [0.29, 0.717) is 61.3 Å². The summed E-state index contributed by atoms with van der Waals surface area (Å²) in [5.74, 6) is 0.667. The fraction of sp³-hybridized carbons (Fsp3) is 1.00. The predicted octanol–water partition coefficient (Wildman–Crippen LogP) is 12.0. The van der Waals surface area contributed by atoms with Crippen LogP contribution in [0.15, 0.2) is 0 Å². The minimum absolute atomic E-state index is 0.0324. The van der Waals surface area contributed by atoms with E-state index in [9.17, 15) is 4.39 Å². The second-order valence-corrected chi connectivity index (χ2v) is 19.0. The summed E-state index contributed by atoms with van der Waals surface area (Å²) in [6.07, 6.45) is 30.2. The second kappa shape index (κ2) is 44.5. The van der Waals surface area contributed by atoms with E-state index in [4.69, 9.17) is 54.2 Å². The largest absolute Gasteiger partial charge is 0.381 e. The molecule has 10 rings (SSSR count). The molecule has 0 aromatic carbocycles. The number of hydrogen-bond donors (Lipinski definition) is 0. The Hall–Kier alpha value is 1.03. The first-order chi connectivity index (χ1) is 30.3. The van der Waals surface area contributed by atoms with Crippen molar-refractivity contribution in [3.05, 3.63) is 0 Å². The molecule has 9 atom stereocenters. The van der Waals surface area contributed by atoms with E-state index in [1.165, 1.54) is 122 Å². The number of ether oxygens (including phenoxy) is 10. The van der Waals surface area contributed by atoms with Crippen LogP contribution in [-0.4, -0.2) is 150 Å². The Morgan fingerprint density at radius 3 is 1.08 bits per heavy atom. The number of halogens is 4. The molecule has 10 aliphatic rings. The fourth-order valence-corrected chi connectivity index (χ4v) is 6.12. The lowest BCUT2D eigenvalue weighted by atomic mass is 10.1. The molecule has 10 nitrogen and oxygen atoms in total.